The molecule has 1 aliphatic rings. The smallest absolute Gasteiger partial charge is 0.213 e. The van der Waals surface area contributed by atoms with Crippen LogP contribution in [0.2, 0.25) is 0 Å². The molecule has 2 N–H and O–H groups in total. The average molecular weight is 299 g/mol. The van der Waals surface area contributed by atoms with Gasteiger partial charge in [0.25, 0.3) is 0 Å². The van der Waals surface area contributed by atoms with E-state index >= 15 is 0 Å². The van der Waals surface area contributed by atoms with Gasteiger partial charge in [0.15, 0.2) is 0 Å². The van der Waals surface area contributed by atoms with Gasteiger partial charge in [0.05, 0.1) is 11.2 Å². The van der Waals surface area contributed by atoms with Crippen LogP contribution in [0, 0.1) is 6.92 Å². The molecule has 0 bridgehead atoms. The molecule has 0 atom stereocenters. The maximum absolute atomic E-state index is 6.31. The van der Waals surface area contributed by atoms with Gasteiger partial charge in [0.1, 0.15) is 6.61 Å². The Hall–Kier alpha value is -0.610. The number of ether oxygens (including phenoxy) is 1. The van der Waals surface area contributed by atoms with Gasteiger partial charge in [0.2, 0.25) is 5.88 Å². The monoisotopic (exact) mass is 298 g/mol. The molecule has 1 aliphatic carbocycles. The fraction of sp³-hybridized carbons (Fsp3) is 0.615. The Balaban J connectivity index is 1.94. The lowest BCUT2D eigenvalue weighted by Gasteiger charge is -2.32. The zero-order valence-corrected chi connectivity index (χ0v) is 11.8. The fourth-order valence-corrected chi connectivity index (χ4v) is 2.44. The normalized spacial score (nSPS) is 19.0. The lowest BCUT2D eigenvalue weighted by atomic mass is 9.83. The van der Waals surface area contributed by atoms with Gasteiger partial charge in [-0.1, -0.05) is 19.3 Å². The SMILES string of the molecule is Cc1nc(OCC2(N)CCCCC2)ccc1Br. The van der Waals surface area contributed by atoms with Crippen molar-refractivity contribution < 1.29 is 4.74 Å². The maximum Gasteiger partial charge on any atom is 0.213 e. The molecule has 1 fully saturated rings. The maximum atomic E-state index is 6.31. The largest absolute Gasteiger partial charge is 0.476 e. The summed E-state index contributed by atoms with van der Waals surface area (Å²) in [5.74, 6) is 0.668. The fourth-order valence-electron chi connectivity index (χ4n) is 2.22. The Morgan fingerprint density at radius 1 is 1.35 bits per heavy atom. The van der Waals surface area contributed by atoms with Crippen LogP contribution in [0.15, 0.2) is 16.6 Å². The molecule has 0 spiro atoms. The summed E-state index contributed by atoms with van der Waals surface area (Å²) in [5, 5.41) is 0. The van der Waals surface area contributed by atoms with Crippen LogP contribution in [0.1, 0.15) is 37.8 Å². The standard InChI is InChI=1S/C13H19BrN2O/c1-10-11(14)5-6-12(16-10)17-9-13(15)7-3-2-4-8-13/h5-6H,2-4,7-9,15H2,1H3. The molecular weight excluding hydrogens is 280 g/mol. The zero-order valence-electron chi connectivity index (χ0n) is 10.2. The quantitative estimate of drug-likeness (QED) is 0.932. The third-order valence-electron chi connectivity index (χ3n) is 3.35. The van der Waals surface area contributed by atoms with Crippen molar-refractivity contribution in [3.8, 4) is 5.88 Å². The molecule has 0 radical (unpaired) electrons. The molecule has 4 heteroatoms. The molecule has 0 aromatic carbocycles. The van der Waals surface area contributed by atoms with Crippen LogP contribution >= 0.6 is 15.9 Å². The molecule has 17 heavy (non-hydrogen) atoms. The Morgan fingerprint density at radius 2 is 2.06 bits per heavy atom. The molecule has 0 unspecified atom stereocenters. The number of rotatable bonds is 3. The number of aromatic nitrogens is 1. The zero-order chi connectivity index (χ0) is 12.3. The molecule has 1 saturated carbocycles. The molecule has 2 rings (SSSR count). The summed E-state index contributed by atoms with van der Waals surface area (Å²) >= 11 is 3.42. The second kappa shape index (κ2) is 5.36. The van der Waals surface area contributed by atoms with Crippen molar-refractivity contribution in [3.05, 3.63) is 22.3 Å². The van der Waals surface area contributed by atoms with E-state index in [1.165, 1.54) is 19.3 Å². The molecule has 1 heterocycles. The van der Waals surface area contributed by atoms with Crippen molar-refractivity contribution in [1.82, 2.24) is 4.98 Å². The first-order chi connectivity index (χ1) is 8.09. The Morgan fingerprint density at radius 3 is 2.71 bits per heavy atom. The van der Waals surface area contributed by atoms with Gasteiger partial charge in [-0.3, -0.25) is 0 Å². The van der Waals surface area contributed by atoms with Crippen LogP contribution in [0.4, 0.5) is 0 Å². The van der Waals surface area contributed by atoms with E-state index < -0.39 is 0 Å². The minimum atomic E-state index is -0.152. The van der Waals surface area contributed by atoms with E-state index in [9.17, 15) is 0 Å². The Kier molecular flexibility index (Phi) is 4.05. The molecular formula is C13H19BrN2O. The summed E-state index contributed by atoms with van der Waals surface area (Å²) < 4.78 is 6.73. The second-order valence-electron chi connectivity index (χ2n) is 4.93. The number of pyridine rings is 1. The predicted octanol–water partition coefficient (Wildman–Crippen LogP) is 3.19. The van der Waals surface area contributed by atoms with Gasteiger partial charge in [-0.25, -0.2) is 4.98 Å². The number of aryl methyl sites for hydroxylation is 1. The minimum Gasteiger partial charge on any atom is -0.476 e. The molecule has 0 saturated heterocycles. The van der Waals surface area contributed by atoms with Gasteiger partial charge in [0, 0.05) is 10.5 Å². The van der Waals surface area contributed by atoms with Crippen LogP contribution in [0.25, 0.3) is 0 Å². The van der Waals surface area contributed by atoms with Crippen molar-refractivity contribution >= 4 is 15.9 Å². The lowest BCUT2D eigenvalue weighted by molar-refractivity contribution is 0.169. The van der Waals surface area contributed by atoms with E-state index in [1.54, 1.807) is 0 Å². The summed E-state index contributed by atoms with van der Waals surface area (Å²) in [4.78, 5) is 4.36. The van der Waals surface area contributed by atoms with Gasteiger partial charge in [-0.2, -0.15) is 0 Å². The van der Waals surface area contributed by atoms with E-state index in [0.717, 1.165) is 23.0 Å². The summed E-state index contributed by atoms with van der Waals surface area (Å²) in [5.41, 5.74) is 7.10. The first kappa shape index (κ1) is 12.8. The highest BCUT2D eigenvalue weighted by molar-refractivity contribution is 9.10. The summed E-state index contributed by atoms with van der Waals surface area (Å²) in [6.07, 6.45) is 5.85. The lowest BCUT2D eigenvalue weighted by Crippen LogP contribution is -2.47. The molecule has 3 nitrogen and oxygen atoms in total. The van der Waals surface area contributed by atoms with E-state index in [0.29, 0.717) is 12.5 Å². The van der Waals surface area contributed by atoms with E-state index in [-0.39, 0.29) is 5.54 Å². The molecule has 0 amide bonds. The first-order valence-corrected chi connectivity index (χ1v) is 6.93. The van der Waals surface area contributed by atoms with Crippen molar-refractivity contribution in [1.29, 1.82) is 0 Å². The van der Waals surface area contributed by atoms with E-state index in [4.69, 9.17) is 10.5 Å². The topological polar surface area (TPSA) is 48.1 Å². The summed E-state index contributed by atoms with van der Waals surface area (Å²) in [7, 11) is 0. The van der Waals surface area contributed by atoms with Gasteiger partial charge in [-0.15, -0.1) is 0 Å². The van der Waals surface area contributed by atoms with Crippen LogP contribution < -0.4 is 10.5 Å². The van der Waals surface area contributed by atoms with Crippen LogP contribution in [-0.4, -0.2) is 17.1 Å². The highest BCUT2D eigenvalue weighted by atomic mass is 79.9. The minimum absolute atomic E-state index is 0.152. The van der Waals surface area contributed by atoms with Crippen LogP contribution in [-0.2, 0) is 0 Å². The summed E-state index contributed by atoms with van der Waals surface area (Å²) in [6, 6.07) is 3.84. The second-order valence-corrected chi connectivity index (χ2v) is 5.78. The number of nitrogens with two attached hydrogens (primary N) is 1. The Labute approximate surface area is 111 Å². The highest BCUT2D eigenvalue weighted by Crippen LogP contribution is 2.27. The van der Waals surface area contributed by atoms with Crippen molar-refractivity contribution in [2.24, 2.45) is 5.73 Å². The van der Waals surface area contributed by atoms with Crippen molar-refractivity contribution in [2.45, 2.75) is 44.6 Å². The van der Waals surface area contributed by atoms with Crippen molar-refractivity contribution in [2.75, 3.05) is 6.61 Å². The first-order valence-electron chi connectivity index (χ1n) is 6.14. The molecule has 94 valence electrons. The van der Waals surface area contributed by atoms with Crippen LogP contribution in [0.3, 0.4) is 0 Å². The average Bonchev–Trinajstić information content (AvgIpc) is 2.32. The molecule has 1 aromatic rings. The van der Waals surface area contributed by atoms with Gasteiger partial charge < -0.3 is 10.5 Å². The van der Waals surface area contributed by atoms with Gasteiger partial charge >= 0.3 is 0 Å². The van der Waals surface area contributed by atoms with Gasteiger partial charge in [-0.05, 0) is 41.8 Å². The van der Waals surface area contributed by atoms with E-state index in [1.807, 2.05) is 19.1 Å². The number of nitrogens with zero attached hydrogens (tertiary/aromatic N) is 1. The highest BCUT2D eigenvalue weighted by Gasteiger charge is 2.28. The van der Waals surface area contributed by atoms with Crippen LogP contribution in [0.5, 0.6) is 5.88 Å². The number of halogens is 1. The number of hydrogen-bond acceptors (Lipinski definition) is 3. The Bertz CT molecular complexity index is 389. The third kappa shape index (κ3) is 3.42. The molecule has 0 aliphatic heterocycles. The molecule has 1 aromatic heterocycles. The number of hydrogen-bond donors (Lipinski definition) is 1. The predicted molar refractivity (Wildman–Crippen MR) is 72.2 cm³/mol. The van der Waals surface area contributed by atoms with E-state index in [2.05, 4.69) is 20.9 Å². The van der Waals surface area contributed by atoms with Crippen molar-refractivity contribution in [3.63, 3.8) is 0 Å². The third-order valence-corrected chi connectivity index (χ3v) is 4.19. The summed E-state index contributed by atoms with van der Waals surface area (Å²) in [6.45, 7) is 2.52.